The second-order valence-electron chi connectivity index (χ2n) is 5.34. The van der Waals surface area contributed by atoms with Crippen molar-refractivity contribution in [1.82, 2.24) is 25.2 Å². The molecule has 1 atom stereocenters. The summed E-state index contributed by atoms with van der Waals surface area (Å²) in [5.41, 5.74) is 1.23. The van der Waals surface area contributed by atoms with Crippen LogP contribution in [0.5, 0.6) is 0 Å². The number of pyridine rings is 1. The fourth-order valence-corrected chi connectivity index (χ4v) is 2.48. The number of aromatic nitrogens is 3. The summed E-state index contributed by atoms with van der Waals surface area (Å²) in [4.78, 5) is 15.1. The summed E-state index contributed by atoms with van der Waals surface area (Å²) in [6.07, 6.45) is 5.32. The first-order valence-corrected chi connectivity index (χ1v) is 7.24. The molecule has 6 heteroatoms. The zero-order chi connectivity index (χ0) is 14.5. The number of nitrogens with one attached hydrogen (secondary N) is 2. The van der Waals surface area contributed by atoms with Gasteiger partial charge in [-0.2, -0.15) is 0 Å². The van der Waals surface area contributed by atoms with Crippen molar-refractivity contribution < 1.29 is 0 Å². The molecule has 1 saturated heterocycles. The summed E-state index contributed by atoms with van der Waals surface area (Å²) in [6, 6.07) is 6.42. The lowest BCUT2D eigenvalue weighted by molar-refractivity contribution is 0.199. The Morgan fingerprint density at radius 2 is 2.14 bits per heavy atom. The van der Waals surface area contributed by atoms with Gasteiger partial charge in [0.05, 0.1) is 0 Å². The summed E-state index contributed by atoms with van der Waals surface area (Å²) < 4.78 is 0. The Kier molecular flexibility index (Phi) is 4.37. The minimum atomic E-state index is 0.558. The smallest absolute Gasteiger partial charge is 0.228 e. The van der Waals surface area contributed by atoms with Crippen LogP contribution in [0.15, 0.2) is 36.8 Å². The molecular formula is C15H20N6. The molecule has 0 bridgehead atoms. The van der Waals surface area contributed by atoms with Crippen LogP contribution in [0.3, 0.4) is 0 Å². The van der Waals surface area contributed by atoms with Gasteiger partial charge in [0.1, 0.15) is 5.82 Å². The Balaban J connectivity index is 1.59. The van der Waals surface area contributed by atoms with E-state index >= 15 is 0 Å². The molecule has 2 aromatic rings. The lowest BCUT2D eigenvalue weighted by atomic mass is 10.2. The van der Waals surface area contributed by atoms with Gasteiger partial charge in [-0.3, -0.25) is 4.90 Å². The molecular weight excluding hydrogens is 264 g/mol. The summed E-state index contributed by atoms with van der Waals surface area (Å²) in [6.45, 7) is 6.39. The molecule has 0 saturated carbocycles. The molecule has 0 spiro atoms. The zero-order valence-electron chi connectivity index (χ0n) is 12.2. The molecule has 2 N–H and O–H groups in total. The summed E-state index contributed by atoms with van der Waals surface area (Å²) in [5.74, 6) is 1.33. The second-order valence-corrected chi connectivity index (χ2v) is 5.34. The predicted octanol–water partition coefficient (Wildman–Crippen LogP) is 1.41. The van der Waals surface area contributed by atoms with Crippen LogP contribution >= 0.6 is 0 Å². The maximum Gasteiger partial charge on any atom is 0.228 e. The predicted molar refractivity (Wildman–Crippen MR) is 82.3 cm³/mol. The number of piperazine rings is 1. The van der Waals surface area contributed by atoms with E-state index in [1.165, 1.54) is 5.56 Å². The van der Waals surface area contributed by atoms with Crippen LogP contribution in [0.1, 0.15) is 12.5 Å². The normalized spacial score (nSPS) is 19.4. The average molecular weight is 284 g/mol. The van der Waals surface area contributed by atoms with Crippen LogP contribution in [0.25, 0.3) is 0 Å². The van der Waals surface area contributed by atoms with Crippen molar-refractivity contribution in [1.29, 1.82) is 0 Å². The summed E-state index contributed by atoms with van der Waals surface area (Å²) >= 11 is 0. The SMILES string of the molecule is CC1CN(Cc2ccc(Nc3ncccn3)nc2)CCN1. The van der Waals surface area contributed by atoms with E-state index in [1.807, 2.05) is 12.3 Å². The molecule has 110 valence electrons. The van der Waals surface area contributed by atoms with Gasteiger partial charge in [-0.25, -0.2) is 15.0 Å². The molecule has 1 fully saturated rings. The maximum atomic E-state index is 4.43. The van der Waals surface area contributed by atoms with E-state index in [2.05, 4.69) is 43.5 Å². The fraction of sp³-hybridized carbons (Fsp3) is 0.400. The zero-order valence-corrected chi connectivity index (χ0v) is 12.2. The van der Waals surface area contributed by atoms with Crippen LogP contribution in [-0.2, 0) is 6.54 Å². The van der Waals surface area contributed by atoms with Crippen LogP contribution in [0.2, 0.25) is 0 Å². The van der Waals surface area contributed by atoms with Crippen LogP contribution < -0.4 is 10.6 Å². The first-order chi connectivity index (χ1) is 10.3. The topological polar surface area (TPSA) is 66.0 Å². The van der Waals surface area contributed by atoms with Gasteiger partial charge in [-0.05, 0) is 24.6 Å². The van der Waals surface area contributed by atoms with Gasteiger partial charge < -0.3 is 10.6 Å². The van der Waals surface area contributed by atoms with Crippen molar-refractivity contribution in [3.05, 3.63) is 42.4 Å². The molecule has 3 heterocycles. The third kappa shape index (κ3) is 3.96. The highest BCUT2D eigenvalue weighted by atomic mass is 15.2. The van der Waals surface area contributed by atoms with E-state index in [-0.39, 0.29) is 0 Å². The number of anilines is 2. The second kappa shape index (κ2) is 6.60. The van der Waals surface area contributed by atoms with Crippen LogP contribution in [-0.4, -0.2) is 45.5 Å². The quantitative estimate of drug-likeness (QED) is 0.885. The van der Waals surface area contributed by atoms with E-state index in [0.717, 1.165) is 32.0 Å². The number of rotatable bonds is 4. The van der Waals surface area contributed by atoms with E-state index in [9.17, 15) is 0 Å². The number of hydrogen-bond donors (Lipinski definition) is 2. The summed E-state index contributed by atoms with van der Waals surface area (Å²) in [7, 11) is 0. The molecule has 0 radical (unpaired) electrons. The highest BCUT2D eigenvalue weighted by molar-refractivity contribution is 5.47. The Labute approximate surface area is 124 Å². The molecule has 1 unspecified atom stereocenters. The molecule has 0 aromatic carbocycles. The number of nitrogens with zero attached hydrogens (tertiary/aromatic N) is 4. The van der Waals surface area contributed by atoms with Gasteiger partial charge >= 0.3 is 0 Å². The third-order valence-electron chi connectivity index (χ3n) is 3.49. The maximum absolute atomic E-state index is 4.43. The Hall–Kier alpha value is -2.05. The Morgan fingerprint density at radius 3 is 2.86 bits per heavy atom. The number of hydrogen-bond acceptors (Lipinski definition) is 6. The minimum Gasteiger partial charge on any atom is -0.312 e. The van der Waals surface area contributed by atoms with Crippen LogP contribution in [0.4, 0.5) is 11.8 Å². The Bertz CT molecular complexity index is 556. The third-order valence-corrected chi connectivity index (χ3v) is 3.49. The van der Waals surface area contributed by atoms with E-state index in [1.54, 1.807) is 18.5 Å². The van der Waals surface area contributed by atoms with Gasteiger partial charge in [0, 0.05) is 50.8 Å². The van der Waals surface area contributed by atoms with Gasteiger partial charge in [-0.1, -0.05) is 6.07 Å². The average Bonchev–Trinajstić information content (AvgIpc) is 2.50. The fourth-order valence-electron chi connectivity index (χ4n) is 2.48. The monoisotopic (exact) mass is 284 g/mol. The lowest BCUT2D eigenvalue weighted by Crippen LogP contribution is -2.48. The molecule has 0 aliphatic carbocycles. The van der Waals surface area contributed by atoms with E-state index in [4.69, 9.17) is 0 Å². The van der Waals surface area contributed by atoms with Crippen molar-refractivity contribution >= 4 is 11.8 Å². The van der Waals surface area contributed by atoms with Crippen molar-refractivity contribution in [2.75, 3.05) is 25.0 Å². The van der Waals surface area contributed by atoms with Crippen molar-refractivity contribution in [3.63, 3.8) is 0 Å². The van der Waals surface area contributed by atoms with Crippen molar-refractivity contribution in [2.24, 2.45) is 0 Å². The van der Waals surface area contributed by atoms with Gasteiger partial charge in [0.25, 0.3) is 0 Å². The molecule has 2 aromatic heterocycles. The summed E-state index contributed by atoms with van der Waals surface area (Å²) in [5, 5.41) is 6.54. The lowest BCUT2D eigenvalue weighted by Gasteiger charge is -2.31. The molecule has 3 rings (SSSR count). The highest BCUT2D eigenvalue weighted by Crippen LogP contribution is 2.12. The molecule has 1 aliphatic heterocycles. The minimum absolute atomic E-state index is 0.558. The van der Waals surface area contributed by atoms with Gasteiger partial charge in [0.15, 0.2) is 0 Å². The van der Waals surface area contributed by atoms with E-state index in [0.29, 0.717) is 12.0 Å². The molecule has 1 aliphatic rings. The van der Waals surface area contributed by atoms with Crippen molar-refractivity contribution in [2.45, 2.75) is 19.5 Å². The van der Waals surface area contributed by atoms with Crippen LogP contribution in [0, 0.1) is 0 Å². The van der Waals surface area contributed by atoms with Gasteiger partial charge in [-0.15, -0.1) is 0 Å². The first kappa shape index (κ1) is 13.9. The molecule has 21 heavy (non-hydrogen) atoms. The van der Waals surface area contributed by atoms with Gasteiger partial charge in [0.2, 0.25) is 5.95 Å². The standard InChI is InChI=1S/C15H20N6/c1-12-10-21(8-7-16-12)11-13-3-4-14(19-9-13)20-15-17-5-2-6-18-15/h2-6,9,12,16H,7-8,10-11H2,1H3,(H,17,18,19,20). The highest BCUT2D eigenvalue weighted by Gasteiger charge is 2.15. The Morgan fingerprint density at radius 1 is 1.29 bits per heavy atom. The van der Waals surface area contributed by atoms with E-state index < -0.39 is 0 Å². The largest absolute Gasteiger partial charge is 0.312 e. The van der Waals surface area contributed by atoms with Crippen molar-refractivity contribution in [3.8, 4) is 0 Å². The molecule has 6 nitrogen and oxygen atoms in total. The molecule has 0 amide bonds. The first-order valence-electron chi connectivity index (χ1n) is 7.24.